The Morgan fingerprint density at radius 2 is 2.26 bits per heavy atom. The summed E-state index contributed by atoms with van der Waals surface area (Å²) in [5.41, 5.74) is 0. The molecular formula is C12H15F3N2O2. The summed E-state index contributed by atoms with van der Waals surface area (Å²) in [4.78, 5) is 12.4. The van der Waals surface area contributed by atoms with Gasteiger partial charge in [0.1, 0.15) is 12.3 Å². The summed E-state index contributed by atoms with van der Waals surface area (Å²) in [6.45, 7) is 2.11. The molecule has 0 aromatic carbocycles. The minimum Gasteiger partial charge on any atom is -0.467 e. The number of nitrogens with one attached hydrogen (secondary N) is 1. The number of carbonyl (C=O) groups excluding carboxylic acids is 1. The van der Waals surface area contributed by atoms with E-state index in [1.807, 2.05) is 0 Å². The number of rotatable bonds is 7. The van der Waals surface area contributed by atoms with Gasteiger partial charge in [-0.25, -0.2) is 0 Å². The van der Waals surface area contributed by atoms with Crippen molar-refractivity contribution in [3.05, 3.63) is 36.8 Å². The number of halogens is 3. The average Bonchev–Trinajstić information content (AvgIpc) is 2.79. The molecule has 0 radical (unpaired) electrons. The highest BCUT2D eigenvalue weighted by molar-refractivity contribution is 5.78. The van der Waals surface area contributed by atoms with E-state index >= 15 is 0 Å². The van der Waals surface area contributed by atoms with Gasteiger partial charge < -0.3 is 14.6 Å². The molecule has 106 valence electrons. The van der Waals surface area contributed by atoms with Crippen molar-refractivity contribution in [1.82, 2.24) is 10.2 Å². The lowest BCUT2D eigenvalue weighted by Crippen LogP contribution is -2.42. The number of hydrogen-bond donors (Lipinski definition) is 1. The molecule has 4 nitrogen and oxygen atoms in total. The monoisotopic (exact) mass is 276 g/mol. The van der Waals surface area contributed by atoms with E-state index < -0.39 is 18.6 Å². The molecule has 0 atom stereocenters. The van der Waals surface area contributed by atoms with Crippen LogP contribution in [0.3, 0.4) is 0 Å². The molecule has 1 amide bonds. The predicted molar refractivity (Wildman–Crippen MR) is 63.2 cm³/mol. The van der Waals surface area contributed by atoms with Gasteiger partial charge in [-0.2, -0.15) is 13.2 Å². The zero-order chi connectivity index (χ0) is 14.3. The van der Waals surface area contributed by atoms with Crippen molar-refractivity contribution in [1.29, 1.82) is 0 Å². The minimum atomic E-state index is -4.44. The van der Waals surface area contributed by atoms with Crippen LogP contribution in [0.15, 0.2) is 35.5 Å². The number of hydrogen-bond acceptors (Lipinski definition) is 3. The van der Waals surface area contributed by atoms with Crippen molar-refractivity contribution >= 4 is 5.91 Å². The lowest BCUT2D eigenvalue weighted by atomic mass is 10.3. The summed E-state index contributed by atoms with van der Waals surface area (Å²) in [7, 11) is 0. The van der Waals surface area contributed by atoms with Crippen molar-refractivity contribution in [3.8, 4) is 0 Å². The second-order valence-corrected chi connectivity index (χ2v) is 3.86. The van der Waals surface area contributed by atoms with E-state index in [1.165, 1.54) is 18.4 Å². The van der Waals surface area contributed by atoms with Gasteiger partial charge in [0.15, 0.2) is 0 Å². The van der Waals surface area contributed by atoms with Crippen LogP contribution in [0.1, 0.15) is 5.76 Å². The maximum atomic E-state index is 12.4. The Morgan fingerprint density at radius 1 is 1.53 bits per heavy atom. The molecule has 0 aliphatic rings. The van der Waals surface area contributed by atoms with Crippen molar-refractivity contribution < 1.29 is 22.4 Å². The Balaban J connectivity index is 2.62. The first kappa shape index (κ1) is 15.3. The van der Waals surface area contributed by atoms with Crippen molar-refractivity contribution in [2.75, 3.05) is 19.6 Å². The maximum Gasteiger partial charge on any atom is 0.406 e. The Kier molecular flexibility index (Phi) is 5.62. The predicted octanol–water partition coefficient (Wildman–Crippen LogP) is 1.95. The van der Waals surface area contributed by atoms with Gasteiger partial charge >= 0.3 is 6.18 Å². The van der Waals surface area contributed by atoms with E-state index in [1.54, 1.807) is 6.07 Å². The zero-order valence-electron chi connectivity index (χ0n) is 10.2. The largest absolute Gasteiger partial charge is 0.467 e. The van der Waals surface area contributed by atoms with Crippen LogP contribution in [0.2, 0.25) is 0 Å². The Hall–Kier alpha value is -1.76. The lowest BCUT2D eigenvalue weighted by molar-refractivity contribution is -0.162. The van der Waals surface area contributed by atoms with E-state index in [0.717, 1.165) is 0 Å². The van der Waals surface area contributed by atoms with Crippen LogP contribution in [0.25, 0.3) is 0 Å². The average molecular weight is 276 g/mol. The van der Waals surface area contributed by atoms with Gasteiger partial charge in [-0.15, -0.1) is 6.58 Å². The van der Waals surface area contributed by atoms with Gasteiger partial charge in [-0.1, -0.05) is 6.08 Å². The highest BCUT2D eigenvalue weighted by atomic mass is 19.4. The molecule has 1 N–H and O–H groups in total. The number of alkyl halides is 3. The molecule has 0 fully saturated rings. The van der Waals surface area contributed by atoms with E-state index in [4.69, 9.17) is 4.42 Å². The first-order chi connectivity index (χ1) is 8.92. The third-order valence-electron chi connectivity index (χ3n) is 2.21. The van der Waals surface area contributed by atoms with Crippen LogP contribution in [-0.4, -0.2) is 36.6 Å². The van der Waals surface area contributed by atoms with Crippen LogP contribution < -0.4 is 5.32 Å². The van der Waals surface area contributed by atoms with E-state index in [9.17, 15) is 18.0 Å². The van der Waals surface area contributed by atoms with Gasteiger partial charge in [0.05, 0.1) is 19.4 Å². The minimum absolute atomic E-state index is 0.178. The fraction of sp³-hybridized carbons (Fsp3) is 0.417. The summed E-state index contributed by atoms with van der Waals surface area (Å²) in [5, 5.41) is 2.67. The summed E-state index contributed by atoms with van der Waals surface area (Å²) < 4.78 is 42.2. The van der Waals surface area contributed by atoms with E-state index in [2.05, 4.69) is 11.9 Å². The van der Waals surface area contributed by atoms with Crippen LogP contribution in [0.5, 0.6) is 0 Å². The second-order valence-electron chi connectivity index (χ2n) is 3.86. The molecule has 0 saturated heterocycles. The summed E-state index contributed by atoms with van der Waals surface area (Å²) in [6.07, 6.45) is -1.57. The van der Waals surface area contributed by atoms with Gasteiger partial charge in [-0.05, 0) is 12.1 Å². The first-order valence-electron chi connectivity index (χ1n) is 5.61. The Labute approximate surface area is 108 Å². The highest BCUT2D eigenvalue weighted by Crippen LogP contribution is 2.18. The fourth-order valence-electron chi connectivity index (χ4n) is 1.43. The van der Waals surface area contributed by atoms with Gasteiger partial charge in [0.25, 0.3) is 0 Å². The third kappa shape index (κ3) is 6.10. The summed E-state index contributed by atoms with van der Waals surface area (Å²) >= 11 is 0. The fourth-order valence-corrected chi connectivity index (χ4v) is 1.43. The van der Waals surface area contributed by atoms with E-state index in [-0.39, 0.29) is 13.1 Å². The number of amides is 1. The third-order valence-corrected chi connectivity index (χ3v) is 2.21. The molecule has 0 bridgehead atoms. The van der Waals surface area contributed by atoms with Crippen molar-refractivity contribution in [2.45, 2.75) is 12.7 Å². The van der Waals surface area contributed by atoms with Crippen LogP contribution >= 0.6 is 0 Å². The van der Waals surface area contributed by atoms with Gasteiger partial charge in [0, 0.05) is 6.54 Å². The molecule has 1 aromatic heterocycles. The zero-order valence-corrected chi connectivity index (χ0v) is 10.2. The lowest BCUT2D eigenvalue weighted by Gasteiger charge is -2.23. The summed E-state index contributed by atoms with van der Waals surface area (Å²) in [6, 6.07) is 3.08. The van der Waals surface area contributed by atoms with Crippen molar-refractivity contribution in [3.63, 3.8) is 0 Å². The molecule has 7 heteroatoms. The smallest absolute Gasteiger partial charge is 0.406 e. The molecule has 19 heavy (non-hydrogen) atoms. The SMILES string of the molecule is C=CCNCC(=O)N(Cc1ccco1)CC(F)(F)F. The molecule has 0 aliphatic carbocycles. The number of furan rings is 1. The molecule has 0 unspecified atom stereocenters. The van der Waals surface area contributed by atoms with Gasteiger partial charge in [0.2, 0.25) is 5.91 Å². The maximum absolute atomic E-state index is 12.4. The van der Waals surface area contributed by atoms with Crippen molar-refractivity contribution in [2.24, 2.45) is 0 Å². The molecule has 0 saturated carbocycles. The van der Waals surface area contributed by atoms with Gasteiger partial charge in [-0.3, -0.25) is 4.79 Å². The quantitative estimate of drug-likeness (QED) is 0.611. The topological polar surface area (TPSA) is 45.5 Å². The standard InChI is InChI=1S/C12H15F3N2O2/c1-2-5-16-7-11(18)17(9-12(13,14)15)8-10-4-3-6-19-10/h2-4,6,16H,1,5,7-9H2. The first-order valence-corrected chi connectivity index (χ1v) is 5.61. The summed E-state index contributed by atoms with van der Waals surface area (Å²) in [5.74, 6) is -0.336. The normalized spacial score (nSPS) is 11.3. The van der Waals surface area contributed by atoms with Crippen LogP contribution in [0.4, 0.5) is 13.2 Å². The molecular weight excluding hydrogens is 261 g/mol. The van der Waals surface area contributed by atoms with Crippen LogP contribution in [0, 0.1) is 0 Å². The Bertz CT molecular complexity index is 402. The molecule has 1 aromatic rings. The molecule has 0 aliphatic heterocycles. The number of nitrogens with zero attached hydrogens (tertiary/aromatic N) is 1. The number of carbonyl (C=O) groups is 1. The highest BCUT2D eigenvalue weighted by Gasteiger charge is 2.33. The van der Waals surface area contributed by atoms with Crippen LogP contribution in [-0.2, 0) is 11.3 Å². The molecule has 1 rings (SSSR count). The second kappa shape index (κ2) is 6.98. The Morgan fingerprint density at radius 3 is 2.79 bits per heavy atom. The molecule has 1 heterocycles. The molecule has 0 spiro atoms. The van der Waals surface area contributed by atoms with E-state index in [0.29, 0.717) is 17.2 Å².